The molecule has 0 aliphatic rings. The van der Waals surface area contributed by atoms with E-state index in [0.717, 1.165) is 28.8 Å². The fourth-order valence-corrected chi connectivity index (χ4v) is 2.29. The van der Waals surface area contributed by atoms with Gasteiger partial charge in [-0.05, 0) is 24.6 Å². The van der Waals surface area contributed by atoms with Crippen molar-refractivity contribution in [2.24, 2.45) is 0 Å². The van der Waals surface area contributed by atoms with Crippen molar-refractivity contribution in [1.82, 2.24) is 9.78 Å². The van der Waals surface area contributed by atoms with E-state index in [2.05, 4.69) is 5.10 Å². The van der Waals surface area contributed by atoms with Crippen molar-refractivity contribution >= 4 is 6.29 Å². The number of aromatic nitrogens is 2. The van der Waals surface area contributed by atoms with E-state index in [4.69, 9.17) is 0 Å². The lowest BCUT2D eigenvalue weighted by Gasteiger charge is -2.09. The maximum Gasteiger partial charge on any atom is 0.153 e. The van der Waals surface area contributed by atoms with Crippen LogP contribution in [0.5, 0.6) is 0 Å². The smallest absolute Gasteiger partial charge is 0.153 e. The molecule has 0 amide bonds. The van der Waals surface area contributed by atoms with Crippen LogP contribution in [0.15, 0.2) is 60.8 Å². The zero-order chi connectivity index (χ0) is 13.9. The number of hydrogen-bond donors (Lipinski definition) is 0. The average Bonchev–Trinajstić information content (AvgIpc) is 2.92. The van der Waals surface area contributed by atoms with Crippen molar-refractivity contribution in [2.45, 2.75) is 6.92 Å². The summed E-state index contributed by atoms with van der Waals surface area (Å²) < 4.78 is 1.81. The lowest BCUT2D eigenvalue weighted by atomic mass is 10.1. The Morgan fingerprint density at radius 3 is 2.55 bits per heavy atom. The molecule has 0 N–H and O–H groups in total. The molecule has 3 rings (SSSR count). The Balaban J connectivity index is 2.23. The van der Waals surface area contributed by atoms with Crippen molar-refractivity contribution in [2.75, 3.05) is 0 Å². The molecule has 0 unspecified atom stereocenters. The van der Waals surface area contributed by atoms with Crippen molar-refractivity contribution in [3.8, 4) is 16.9 Å². The van der Waals surface area contributed by atoms with Gasteiger partial charge in [-0.25, -0.2) is 4.68 Å². The van der Waals surface area contributed by atoms with Gasteiger partial charge in [0, 0.05) is 5.56 Å². The van der Waals surface area contributed by atoms with Gasteiger partial charge in [0.25, 0.3) is 0 Å². The summed E-state index contributed by atoms with van der Waals surface area (Å²) in [7, 11) is 0. The number of carbonyl (C=O) groups is 1. The largest absolute Gasteiger partial charge is 0.298 e. The van der Waals surface area contributed by atoms with E-state index in [1.165, 1.54) is 0 Å². The topological polar surface area (TPSA) is 34.9 Å². The molecule has 0 atom stereocenters. The van der Waals surface area contributed by atoms with E-state index in [9.17, 15) is 4.79 Å². The highest BCUT2D eigenvalue weighted by Crippen LogP contribution is 2.25. The van der Waals surface area contributed by atoms with Gasteiger partial charge >= 0.3 is 0 Å². The molecule has 3 nitrogen and oxygen atoms in total. The van der Waals surface area contributed by atoms with E-state index < -0.39 is 0 Å². The first-order chi connectivity index (χ1) is 9.79. The number of hydrogen-bond acceptors (Lipinski definition) is 2. The van der Waals surface area contributed by atoms with Crippen LogP contribution >= 0.6 is 0 Å². The summed E-state index contributed by atoms with van der Waals surface area (Å²) in [5.41, 5.74) is 4.51. The van der Waals surface area contributed by atoms with Gasteiger partial charge in [0.05, 0.1) is 23.1 Å². The Morgan fingerprint density at radius 2 is 1.85 bits per heavy atom. The Bertz CT molecular complexity index is 745. The number of nitrogens with zero attached hydrogens (tertiary/aromatic N) is 2. The normalized spacial score (nSPS) is 10.4. The minimum atomic E-state index is 0.595. The lowest BCUT2D eigenvalue weighted by molar-refractivity contribution is 0.112. The molecule has 1 heterocycles. The maximum atomic E-state index is 11.3. The van der Waals surface area contributed by atoms with Crippen LogP contribution in [0.25, 0.3) is 16.9 Å². The van der Waals surface area contributed by atoms with Crippen molar-refractivity contribution in [3.05, 3.63) is 71.9 Å². The summed E-state index contributed by atoms with van der Waals surface area (Å²) in [6.07, 6.45) is 2.46. The molecule has 3 aromatic rings. The highest BCUT2D eigenvalue weighted by molar-refractivity contribution is 5.86. The number of carbonyl (C=O) groups excluding carboxylic acids is 1. The molecule has 2 aromatic carbocycles. The fraction of sp³-hybridized carbons (Fsp3) is 0.0588. The second-order valence-electron chi connectivity index (χ2n) is 4.68. The fourth-order valence-electron chi connectivity index (χ4n) is 2.29. The van der Waals surface area contributed by atoms with E-state index >= 15 is 0 Å². The molecule has 0 aliphatic carbocycles. The van der Waals surface area contributed by atoms with Gasteiger partial charge in [-0.2, -0.15) is 5.10 Å². The van der Waals surface area contributed by atoms with Gasteiger partial charge in [-0.3, -0.25) is 4.79 Å². The summed E-state index contributed by atoms with van der Waals surface area (Å²) in [6.45, 7) is 2.04. The van der Waals surface area contributed by atoms with Crippen molar-refractivity contribution < 1.29 is 4.79 Å². The summed E-state index contributed by atoms with van der Waals surface area (Å²) >= 11 is 0. The molecule has 0 aliphatic heterocycles. The molecule has 0 spiro atoms. The standard InChI is InChI=1S/C17H14N2O/c1-13-6-5-9-16(10-13)19-17(15(12-20)11-18-19)14-7-3-2-4-8-14/h2-12H,1H3. The van der Waals surface area contributed by atoms with E-state index in [-0.39, 0.29) is 0 Å². The van der Waals surface area contributed by atoms with Crippen LogP contribution in [0, 0.1) is 6.92 Å². The maximum absolute atomic E-state index is 11.3. The molecule has 0 radical (unpaired) electrons. The van der Waals surface area contributed by atoms with Gasteiger partial charge in [-0.15, -0.1) is 0 Å². The Hall–Kier alpha value is -2.68. The van der Waals surface area contributed by atoms with Crippen LogP contribution in [-0.2, 0) is 0 Å². The molecule has 20 heavy (non-hydrogen) atoms. The minimum Gasteiger partial charge on any atom is -0.298 e. The number of aryl methyl sites for hydroxylation is 1. The molecule has 0 saturated carbocycles. The molecule has 98 valence electrons. The SMILES string of the molecule is Cc1cccc(-n2ncc(C=O)c2-c2ccccc2)c1. The molecular formula is C17H14N2O. The van der Waals surface area contributed by atoms with Crippen LogP contribution in [0.2, 0.25) is 0 Å². The third kappa shape index (κ3) is 2.14. The van der Waals surface area contributed by atoms with Gasteiger partial charge in [0.15, 0.2) is 6.29 Å². The Morgan fingerprint density at radius 1 is 1.05 bits per heavy atom. The van der Waals surface area contributed by atoms with Crippen LogP contribution in [0.1, 0.15) is 15.9 Å². The zero-order valence-electron chi connectivity index (χ0n) is 11.2. The molecule has 1 aromatic heterocycles. The first kappa shape index (κ1) is 12.4. The third-order valence-electron chi connectivity index (χ3n) is 3.22. The third-order valence-corrected chi connectivity index (χ3v) is 3.22. The first-order valence-corrected chi connectivity index (χ1v) is 6.45. The molecule has 0 saturated heterocycles. The Kier molecular flexibility index (Phi) is 3.17. The predicted octanol–water partition coefficient (Wildman–Crippen LogP) is 3.66. The second-order valence-corrected chi connectivity index (χ2v) is 4.68. The average molecular weight is 262 g/mol. The van der Waals surface area contributed by atoms with Crippen LogP contribution in [0.4, 0.5) is 0 Å². The zero-order valence-corrected chi connectivity index (χ0v) is 11.2. The highest BCUT2D eigenvalue weighted by atomic mass is 16.1. The molecular weight excluding hydrogens is 248 g/mol. The van der Waals surface area contributed by atoms with Crippen molar-refractivity contribution in [3.63, 3.8) is 0 Å². The lowest BCUT2D eigenvalue weighted by Crippen LogP contribution is -2.00. The van der Waals surface area contributed by atoms with Gasteiger partial charge in [-0.1, -0.05) is 42.5 Å². The van der Waals surface area contributed by atoms with Crippen LogP contribution in [-0.4, -0.2) is 16.1 Å². The monoisotopic (exact) mass is 262 g/mol. The first-order valence-electron chi connectivity index (χ1n) is 6.45. The van der Waals surface area contributed by atoms with Crippen LogP contribution < -0.4 is 0 Å². The Labute approximate surface area is 117 Å². The van der Waals surface area contributed by atoms with Gasteiger partial charge in [0.2, 0.25) is 0 Å². The highest BCUT2D eigenvalue weighted by Gasteiger charge is 2.13. The minimum absolute atomic E-state index is 0.595. The quantitative estimate of drug-likeness (QED) is 0.675. The number of benzene rings is 2. The molecule has 0 fully saturated rings. The summed E-state index contributed by atoms with van der Waals surface area (Å²) in [5, 5.41) is 4.36. The molecule has 0 bridgehead atoms. The summed E-state index contributed by atoms with van der Waals surface area (Å²) in [5.74, 6) is 0. The number of aldehydes is 1. The number of rotatable bonds is 3. The van der Waals surface area contributed by atoms with E-state index in [1.54, 1.807) is 6.20 Å². The molecule has 3 heteroatoms. The van der Waals surface area contributed by atoms with Crippen molar-refractivity contribution in [1.29, 1.82) is 0 Å². The summed E-state index contributed by atoms with van der Waals surface area (Å²) in [4.78, 5) is 11.3. The van der Waals surface area contributed by atoms with E-state index in [1.807, 2.05) is 66.2 Å². The van der Waals surface area contributed by atoms with E-state index in [0.29, 0.717) is 5.56 Å². The van der Waals surface area contributed by atoms with Gasteiger partial charge < -0.3 is 0 Å². The van der Waals surface area contributed by atoms with Crippen LogP contribution in [0.3, 0.4) is 0 Å². The predicted molar refractivity (Wildman–Crippen MR) is 79.1 cm³/mol. The second kappa shape index (κ2) is 5.13. The van der Waals surface area contributed by atoms with Gasteiger partial charge in [0.1, 0.15) is 0 Å². The summed E-state index contributed by atoms with van der Waals surface area (Å²) in [6, 6.07) is 17.9.